The van der Waals surface area contributed by atoms with Gasteiger partial charge >= 0.3 is 0 Å². The lowest BCUT2D eigenvalue weighted by atomic mass is 10.1. The highest BCUT2D eigenvalue weighted by molar-refractivity contribution is 5.13. The molecule has 0 saturated carbocycles. The van der Waals surface area contributed by atoms with E-state index in [1.807, 2.05) is 42.5 Å². The molecule has 0 amide bonds. The Balaban J connectivity index is 1.54. The topological polar surface area (TPSA) is 63.9 Å². The fourth-order valence-electron chi connectivity index (χ4n) is 2.50. The Morgan fingerprint density at radius 2 is 1.71 bits per heavy atom. The number of nitrogens with zero attached hydrogens (tertiary/aromatic N) is 1. The third-order valence-electron chi connectivity index (χ3n) is 3.65. The van der Waals surface area contributed by atoms with Gasteiger partial charge in [-0.3, -0.25) is 0 Å². The minimum Gasteiger partial charge on any atom is -0.387 e. The average molecular weight is 289 g/mol. The van der Waals surface area contributed by atoms with E-state index in [0.717, 1.165) is 5.56 Å². The molecule has 0 spiro atoms. The second-order valence-electron chi connectivity index (χ2n) is 5.18. The molecule has 112 valence electrons. The third-order valence-corrected chi connectivity index (χ3v) is 3.65. The first-order valence-corrected chi connectivity index (χ1v) is 7.01. The summed E-state index contributed by atoms with van der Waals surface area (Å²) in [5.74, 6) is 0. The van der Waals surface area contributed by atoms with Crippen LogP contribution in [0.25, 0.3) is 0 Å². The quantitative estimate of drug-likeness (QED) is 0.871. The molecule has 5 nitrogen and oxygen atoms in total. The van der Waals surface area contributed by atoms with Crippen molar-refractivity contribution in [3.05, 3.63) is 60.4 Å². The maximum Gasteiger partial charge on any atom is 0.162 e. The molecule has 5 heteroatoms. The molecular formula is C16H19NO4. The summed E-state index contributed by atoms with van der Waals surface area (Å²) in [5, 5.41) is 20.1. The van der Waals surface area contributed by atoms with Crippen LogP contribution in [0.2, 0.25) is 0 Å². The Morgan fingerprint density at radius 3 is 2.43 bits per heavy atom. The zero-order valence-corrected chi connectivity index (χ0v) is 11.6. The first-order valence-electron chi connectivity index (χ1n) is 7.01. The summed E-state index contributed by atoms with van der Waals surface area (Å²) in [5.41, 5.74) is 1.06. The SMILES string of the molecule is O[C@@H]1[C@H](O)[C@@H](COCc2ccccc2)O[C@H]1n1cccc1. The molecule has 0 aliphatic carbocycles. The highest BCUT2D eigenvalue weighted by atomic mass is 16.6. The zero-order chi connectivity index (χ0) is 14.7. The molecule has 2 N–H and O–H groups in total. The Kier molecular flexibility index (Phi) is 4.36. The van der Waals surface area contributed by atoms with Gasteiger partial charge in [-0.25, -0.2) is 0 Å². The van der Waals surface area contributed by atoms with Crippen LogP contribution in [0.1, 0.15) is 11.8 Å². The number of rotatable bonds is 5. The van der Waals surface area contributed by atoms with Gasteiger partial charge in [0.05, 0.1) is 13.2 Å². The van der Waals surface area contributed by atoms with Gasteiger partial charge in [-0.2, -0.15) is 0 Å². The van der Waals surface area contributed by atoms with Gasteiger partial charge < -0.3 is 24.3 Å². The lowest BCUT2D eigenvalue weighted by Gasteiger charge is -2.16. The number of aliphatic hydroxyl groups excluding tert-OH is 2. The number of ether oxygens (including phenoxy) is 2. The average Bonchev–Trinajstić information content (AvgIpc) is 3.12. The van der Waals surface area contributed by atoms with Crippen molar-refractivity contribution in [2.75, 3.05) is 6.61 Å². The lowest BCUT2D eigenvalue weighted by molar-refractivity contribution is -0.0693. The first kappa shape index (κ1) is 14.3. The van der Waals surface area contributed by atoms with E-state index in [2.05, 4.69) is 0 Å². The molecule has 0 radical (unpaired) electrons. The largest absolute Gasteiger partial charge is 0.387 e. The van der Waals surface area contributed by atoms with Crippen LogP contribution in [-0.4, -0.2) is 39.7 Å². The van der Waals surface area contributed by atoms with E-state index in [0.29, 0.717) is 6.61 Å². The number of aliphatic hydroxyl groups is 2. The van der Waals surface area contributed by atoms with E-state index in [-0.39, 0.29) is 6.61 Å². The minimum absolute atomic E-state index is 0.241. The summed E-state index contributed by atoms with van der Waals surface area (Å²) >= 11 is 0. The molecule has 1 fully saturated rings. The molecule has 0 bridgehead atoms. The summed E-state index contributed by atoms with van der Waals surface area (Å²) in [7, 11) is 0. The van der Waals surface area contributed by atoms with Gasteiger partial charge in [0.15, 0.2) is 6.23 Å². The molecule has 3 rings (SSSR count). The van der Waals surface area contributed by atoms with Crippen molar-refractivity contribution in [1.82, 2.24) is 4.57 Å². The summed E-state index contributed by atoms with van der Waals surface area (Å²) in [6, 6.07) is 13.5. The normalized spacial score (nSPS) is 28.9. The molecule has 4 atom stereocenters. The van der Waals surface area contributed by atoms with E-state index in [9.17, 15) is 10.2 Å². The molecule has 1 aliphatic rings. The van der Waals surface area contributed by atoms with Crippen molar-refractivity contribution in [2.45, 2.75) is 31.1 Å². The number of hydrogen-bond donors (Lipinski definition) is 2. The van der Waals surface area contributed by atoms with E-state index in [4.69, 9.17) is 9.47 Å². The first-order chi connectivity index (χ1) is 10.3. The van der Waals surface area contributed by atoms with Gasteiger partial charge in [0.25, 0.3) is 0 Å². The highest BCUT2D eigenvalue weighted by Crippen LogP contribution is 2.29. The van der Waals surface area contributed by atoms with Crippen LogP contribution in [0, 0.1) is 0 Å². The van der Waals surface area contributed by atoms with Crippen LogP contribution in [0.5, 0.6) is 0 Å². The van der Waals surface area contributed by atoms with Crippen molar-refractivity contribution in [2.24, 2.45) is 0 Å². The van der Waals surface area contributed by atoms with E-state index >= 15 is 0 Å². The van der Waals surface area contributed by atoms with Crippen molar-refractivity contribution in [1.29, 1.82) is 0 Å². The third kappa shape index (κ3) is 3.16. The predicted octanol–water partition coefficient (Wildman–Crippen LogP) is 1.32. The molecule has 2 heterocycles. The van der Waals surface area contributed by atoms with E-state index in [1.54, 1.807) is 17.0 Å². The van der Waals surface area contributed by atoms with Gasteiger partial charge in [-0.1, -0.05) is 30.3 Å². The van der Waals surface area contributed by atoms with Crippen LogP contribution in [-0.2, 0) is 16.1 Å². The Bertz CT molecular complexity index is 543. The number of aromatic nitrogens is 1. The molecule has 21 heavy (non-hydrogen) atoms. The maximum atomic E-state index is 10.1. The van der Waals surface area contributed by atoms with Gasteiger partial charge in [0.1, 0.15) is 18.3 Å². The Labute approximate surface area is 123 Å². The summed E-state index contributed by atoms with van der Waals surface area (Å²) in [4.78, 5) is 0. The fraction of sp³-hybridized carbons (Fsp3) is 0.375. The van der Waals surface area contributed by atoms with Crippen LogP contribution in [0.4, 0.5) is 0 Å². The number of hydrogen-bond acceptors (Lipinski definition) is 4. The van der Waals surface area contributed by atoms with Gasteiger partial charge in [0, 0.05) is 12.4 Å². The summed E-state index contributed by atoms with van der Waals surface area (Å²) in [6.07, 6.45) is 0.592. The number of benzene rings is 1. The standard InChI is InChI=1S/C16H19NO4/c18-14-13(11-20-10-12-6-2-1-3-7-12)21-16(15(14)19)17-8-4-5-9-17/h1-9,13-16,18-19H,10-11H2/t13-,14-,15-,16-/m1/s1. The molecular weight excluding hydrogens is 270 g/mol. The van der Waals surface area contributed by atoms with E-state index < -0.39 is 24.5 Å². The van der Waals surface area contributed by atoms with Crippen molar-refractivity contribution in [3.8, 4) is 0 Å². The zero-order valence-electron chi connectivity index (χ0n) is 11.6. The van der Waals surface area contributed by atoms with Gasteiger partial charge in [0.2, 0.25) is 0 Å². The maximum absolute atomic E-state index is 10.1. The molecule has 0 unspecified atom stereocenters. The monoisotopic (exact) mass is 289 g/mol. The minimum atomic E-state index is -0.956. The molecule has 1 aromatic carbocycles. The van der Waals surface area contributed by atoms with Crippen molar-refractivity contribution in [3.63, 3.8) is 0 Å². The van der Waals surface area contributed by atoms with Crippen LogP contribution >= 0.6 is 0 Å². The van der Waals surface area contributed by atoms with Crippen molar-refractivity contribution >= 4 is 0 Å². The highest BCUT2D eigenvalue weighted by Gasteiger charge is 2.43. The Morgan fingerprint density at radius 1 is 1.00 bits per heavy atom. The van der Waals surface area contributed by atoms with Crippen LogP contribution in [0.15, 0.2) is 54.9 Å². The fourth-order valence-corrected chi connectivity index (χ4v) is 2.50. The Hall–Kier alpha value is -1.66. The van der Waals surface area contributed by atoms with Gasteiger partial charge in [-0.15, -0.1) is 0 Å². The molecule has 1 aliphatic heterocycles. The van der Waals surface area contributed by atoms with Crippen molar-refractivity contribution < 1.29 is 19.7 Å². The van der Waals surface area contributed by atoms with Gasteiger partial charge in [-0.05, 0) is 17.7 Å². The van der Waals surface area contributed by atoms with Crippen LogP contribution < -0.4 is 0 Å². The second kappa shape index (κ2) is 6.41. The smallest absolute Gasteiger partial charge is 0.162 e. The summed E-state index contributed by atoms with van der Waals surface area (Å²) in [6.45, 7) is 0.697. The summed E-state index contributed by atoms with van der Waals surface area (Å²) < 4.78 is 13.0. The molecule has 1 aromatic heterocycles. The molecule has 2 aromatic rings. The second-order valence-corrected chi connectivity index (χ2v) is 5.18. The van der Waals surface area contributed by atoms with E-state index in [1.165, 1.54) is 0 Å². The van der Waals surface area contributed by atoms with Crippen LogP contribution in [0.3, 0.4) is 0 Å². The molecule has 1 saturated heterocycles. The lowest BCUT2D eigenvalue weighted by Crippen LogP contribution is -2.33. The predicted molar refractivity (Wildman–Crippen MR) is 76.5 cm³/mol.